The third-order valence-corrected chi connectivity index (χ3v) is 8.53. The molecule has 7 nitrogen and oxygen atoms in total. The minimum absolute atomic E-state index is 0.105. The second kappa shape index (κ2) is 11.6. The number of carbonyl (C=O) groups excluding carboxylic acids is 1. The first kappa shape index (κ1) is 28.8. The van der Waals surface area contributed by atoms with Crippen LogP contribution in [0, 0.1) is 10.8 Å². The predicted octanol–water partition coefficient (Wildman–Crippen LogP) is 7.23. The van der Waals surface area contributed by atoms with Gasteiger partial charge >= 0.3 is 0 Å². The summed E-state index contributed by atoms with van der Waals surface area (Å²) in [4.78, 5) is 29.5. The fourth-order valence-electron chi connectivity index (χ4n) is 5.76. The van der Waals surface area contributed by atoms with Crippen LogP contribution in [0.5, 0.6) is 0 Å². The van der Waals surface area contributed by atoms with Crippen LogP contribution in [0.15, 0.2) is 60.9 Å². The maximum Gasteiger partial charge on any atom is 0.229 e. The van der Waals surface area contributed by atoms with Crippen molar-refractivity contribution < 1.29 is 9.90 Å². The Morgan fingerprint density at radius 3 is 2.07 bits per heavy atom. The van der Waals surface area contributed by atoms with Crippen LogP contribution in [0.3, 0.4) is 0 Å². The van der Waals surface area contributed by atoms with Gasteiger partial charge < -0.3 is 20.4 Å². The summed E-state index contributed by atoms with van der Waals surface area (Å²) in [5.41, 5.74) is 5.32. The fourth-order valence-corrected chi connectivity index (χ4v) is 5.76. The average molecular weight is 554 g/mol. The summed E-state index contributed by atoms with van der Waals surface area (Å²) in [7, 11) is 0. The predicted molar refractivity (Wildman–Crippen MR) is 164 cm³/mol. The van der Waals surface area contributed by atoms with Gasteiger partial charge in [-0.3, -0.25) is 4.79 Å². The number of benzene rings is 2. The Kier molecular flexibility index (Phi) is 8.18. The zero-order valence-electron chi connectivity index (χ0n) is 24.9. The van der Waals surface area contributed by atoms with Gasteiger partial charge in [0.05, 0.1) is 41.3 Å². The molecule has 1 fully saturated rings. The van der Waals surface area contributed by atoms with E-state index in [1.807, 2.05) is 19.3 Å². The fraction of sp³-hybridized carbons (Fsp3) is 0.441. The Morgan fingerprint density at radius 2 is 1.51 bits per heavy atom. The number of aromatic nitrogens is 4. The molecule has 2 unspecified atom stereocenters. The van der Waals surface area contributed by atoms with Gasteiger partial charge in [0, 0.05) is 6.42 Å². The molecule has 0 radical (unpaired) electrons. The quantitative estimate of drug-likeness (QED) is 0.185. The molecule has 2 heterocycles. The third kappa shape index (κ3) is 6.15. The zero-order valence-corrected chi connectivity index (χ0v) is 24.9. The number of hydrogen-bond acceptors (Lipinski definition) is 4. The minimum Gasteiger partial charge on any atom is -0.392 e. The highest BCUT2D eigenvalue weighted by molar-refractivity contribution is 5.83. The Labute approximate surface area is 243 Å². The number of amides is 1. The number of nitrogens with one attached hydrogen (secondary N) is 3. The normalized spacial score (nSPS) is 20.1. The van der Waals surface area contributed by atoms with Gasteiger partial charge in [0.25, 0.3) is 0 Å². The molecule has 0 aliphatic heterocycles. The van der Waals surface area contributed by atoms with Crippen LogP contribution in [0.1, 0.15) is 84.4 Å². The van der Waals surface area contributed by atoms with Crippen molar-refractivity contribution >= 4 is 5.91 Å². The van der Waals surface area contributed by atoms with Gasteiger partial charge in [-0.1, -0.05) is 89.1 Å². The first-order chi connectivity index (χ1) is 19.6. The molecule has 7 heteroatoms. The molecule has 1 amide bonds. The van der Waals surface area contributed by atoms with E-state index in [4.69, 9.17) is 4.98 Å². The lowest BCUT2D eigenvalue weighted by Crippen LogP contribution is -2.51. The zero-order chi connectivity index (χ0) is 29.2. The molecule has 0 spiro atoms. The number of carbonyl (C=O) groups is 1. The number of hydrogen-bond donors (Lipinski definition) is 4. The summed E-state index contributed by atoms with van der Waals surface area (Å²) >= 11 is 0. The second-order valence-corrected chi connectivity index (χ2v) is 12.8. The van der Waals surface area contributed by atoms with Crippen molar-refractivity contribution in [1.82, 2.24) is 25.3 Å². The van der Waals surface area contributed by atoms with Gasteiger partial charge in [-0.2, -0.15) is 0 Å². The number of aromatic amines is 2. The molecule has 4 N–H and O–H groups in total. The number of aliphatic hydroxyl groups excluding tert-OH is 1. The Hall–Kier alpha value is -3.71. The van der Waals surface area contributed by atoms with Crippen molar-refractivity contribution in [3.05, 3.63) is 72.6 Å². The molecule has 1 aliphatic carbocycles. The van der Waals surface area contributed by atoms with E-state index in [1.54, 1.807) is 0 Å². The SMILES string of the molecule is CCCc1ncc(-c2ccc(-c3ccc(-c4cnc([C@@H](NC(=O)C5(C)CCCCC5O)C(C)(C)C)[nH]4)cc3)cc2)[nH]1. The number of H-pyrrole nitrogens is 2. The van der Waals surface area contributed by atoms with Crippen LogP contribution in [-0.2, 0) is 11.2 Å². The van der Waals surface area contributed by atoms with Crippen LogP contribution >= 0.6 is 0 Å². The van der Waals surface area contributed by atoms with Gasteiger partial charge in [-0.05, 0) is 53.9 Å². The molecule has 1 saturated carbocycles. The lowest BCUT2D eigenvalue weighted by molar-refractivity contribution is -0.141. The number of aryl methyl sites for hydroxylation is 1. The molecule has 4 aromatic rings. The van der Waals surface area contributed by atoms with Gasteiger partial charge in [-0.25, -0.2) is 9.97 Å². The van der Waals surface area contributed by atoms with Crippen molar-refractivity contribution in [1.29, 1.82) is 0 Å². The molecule has 0 saturated heterocycles. The molecule has 2 aromatic heterocycles. The highest BCUT2D eigenvalue weighted by Crippen LogP contribution is 2.39. The van der Waals surface area contributed by atoms with Crippen LogP contribution in [-0.4, -0.2) is 37.1 Å². The maximum absolute atomic E-state index is 13.4. The lowest BCUT2D eigenvalue weighted by Gasteiger charge is -2.39. The molecule has 2 aromatic carbocycles. The van der Waals surface area contributed by atoms with Crippen LogP contribution in [0.4, 0.5) is 0 Å². The summed E-state index contributed by atoms with van der Waals surface area (Å²) in [5, 5.41) is 13.9. The van der Waals surface area contributed by atoms with Crippen molar-refractivity contribution in [3.63, 3.8) is 0 Å². The number of nitrogens with zero attached hydrogens (tertiary/aromatic N) is 2. The molecular weight excluding hydrogens is 510 g/mol. The van der Waals surface area contributed by atoms with E-state index in [0.29, 0.717) is 12.8 Å². The van der Waals surface area contributed by atoms with Crippen molar-refractivity contribution in [3.8, 4) is 33.6 Å². The van der Waals surface area contributed by atoms with E-state index in [2.05, 4.69) is 96.5 Å². The Balaban J connectivity index is 1.31. The Morgan fingerprint density at radius 1 is 0.951 bits per heavy atom. The first-order valence-electron chi connectivity index (χ1n) is 14.9. The number of imidazole rings is 2. The van der Waals surface area contributed by atoms with Gasteiger partial charge in [0.15, 0.2) is 0 Å². The Bertz CT molecular complexity index is 1460. The standard InChI is InChI=1S/C34H43N5O2/c1-6-9-29-35-20-26(37-29)24-15-11-22(12-16-24)23-13-17-25(18-14-23)27-21-36-31(38-27)30(33(2,3)4)39-32(41)34(5)19-8-7-10-28(34)40/h11-18,20-21,28,30,40H,6-10,19H2,1-5H3,(H,35,37)(H,36,38)(H,39,41)/t28?,30-,34?/m1/s1. The minimum atomic E-state index is -0.776. The van der Waals surface area contributed by atoms with Gasteiger partial charge in [0.2, 0.25) is 5.91 Å². The summed E-state index contributed by atoms with van der Waals surface area (Å²) in [6.07, 6.45) is 8.42. The van der Waals surface area contributed by atoms with Crippen LogP contribution in [0.2, 0.25) is 0 Å². The molecule has 0 bridgehead atoms. The number of aliphatic hydroxyl groups is 1. The van der Waals surface area contributed by atoms with E-state index in [-0.39, 0.29) is 17.4 Å². The molecule has 1 aliphatic rings. The van der Waals surface area contributed by atoms with Crippen LogP contribution in [0.25, 0.3) is 33.6 Å². The molecule has 5 rings (SSSR count). The van der Waals surface area contributed by atoms with E-state index < -0.39 is 11.5 Å². The lowest BCUT2D eigenvalue weighted by atomic mass is 9.72. The highest BCUT2D eigenvalue weighted by atomic mass is 16.3. The highest BCUT2D eigenvalue weighted by Gasteiger charge is 2.44. The first-order valence-corrected chi connectivity index (χ1v) is 14.9. The summed E-state index contributed by atoms with van der Waals surface area (Å²) in [6.45, 7) is 10.3. The van der Waals surface area contributed by atoms with Crippen molar-refractivity contribution in [2.75, 3.05) is 0 Å². The molecular formula is C34H43N5O2. The average Bonchev–Trinajstić information content (AvgIpc) is 3.63. The molecule has 41 heavy (non-hydrogen) atoms. The topological polar surface area (TPSA) is 107 Å². The van der Waals surface area contributed by atoms with Crippen molar-refractivity contribution in [2.45, 2.75) is 85.3 Å². The summed E-state index contributed by atoms with van der Waals surface area (Å²) in [6, 6.07) is 16.6. The monoisotopic (exact) mass is 553 g/mol. The largest absolute Gasteiger partial charge is 0.392 e. The van der Waals surface area contributed by atoms with Crippen LogP contribution < -0.4 is 5.32 Å². The summed E-state index contributed by atoms with van der Waals surface area (Å²) < 4.78 is 0. The van der Waals surface area contributed by atoms with E-state index in [1.165, 1.54) is 0 Å². The smallest absolute Gasteiger partial charge is 0.229 e. The summed E-state index contributed by atoms with van der Waals surface area (Å²) in [5.74, 6) is 1.64. The van der Waals surface area contributed by atoms with Crippen molar-refractivity contribution in [2.24, 2.45) is 10.8 Å². The number of rotatable bonds is 8. The molecule has 3 atom stereocenters. The maximum atomic E-state index is 13.4. The van der Waals surface area contributed by atoms with E-state index in [0.717, 1.165) is 71.0 Å². The van der Waals surface area contributed by atoms with Gasteiger partial charge in [0.1, 0.15) is 11.6 Å². The van der Waals surface area contributed by atoms with E-state index >= 15 is 0 Å². The molecule has 216 valence electrons. The van der Waals surface area contributed by atoms with Gasteiger partial charge in [-0.15, -0.1) is 0 Å². The van der Waals surface area contributed by atoms with E-state index in [9.17, 15) is 9.90 Å². The second-order valence-electron chi connectivity index (χ2n) is 12.8. The third-order valence-electron chi connectivity index (χ3n) is 8.53.